The van der Waals surface area contributed by atoms with E-state index >= 15 is 0 Å². The molecule has 0 aliphatic carbocycles. The number of hydrogen-bond acceptors (Lipinski definition) is 3. The number of fused-ring (bicyclic) bond motifs is 1. The second-order valence-corrected chi connectivity index (χ2v) is 10.1. The molecule has 5 nitrogen and oxygen atoms in total. The van der Waals surface area contributed by atoms with Gasteiger partial charge in [-0.15, -0.1) is 0 Å². The van der Waals surface area contributed by atoms with Gasteiger partial charge in [0.2, 0.25) is 5.91 Å². The monoisotopic (exact) mass is 517 g/mol. The van der Waals surface area contributed by atoms with Gasteiger partial charge in [-0.2, -0.15) is 0 Å². The number of amides is 1. The van der Waals surface area contributed by atoms with Crippen molar-refractivity contribution in [2.24, 2.45) is 0 Å². The van der Waals surface area contributed by atoms with Gasteiger partial charge in [-0.1, -0.05) is 98.8 Å². The molecule has 198 valence electrons. The molecule has 1 heterocycles. The molecule has 1 N–H and O–H groups in total. The summed E-state index contributed by atoms with van der Waals surface area (Å²) in [6.45, 7) is 6.12. The maximum atomic E-state index is 12.8. The maximum Gasteiger partial charge on any atom is 0.224 e. The lowest BCUT2D eigenvalue weighted by Crippen LogP contribution is -2.26. The predicted octanol–water partition coefficient (Wildman–Crippen LogP) is 7.15. The first-order valence-corrected chi connectivity index (χ1v) is 13.7. The van der Waals surface area contributed by atoms with Crippen molar-refractivity contribution in [3.05, 3.63) is 120 Å². The molecule has 1 aromatic heterocycles. The van der Waals surface area contributed by atoms with Gasteiger partial charge in [-0.05, 0) is 52.8 Å². The number of imidazole rings is 1. The lowest BCUT2D eigenvalue weighted by Gasteiger charge is -2.15. The topological polar surface area (TPSA) is 56.1 Å². The highest BCUT2D eigenvalue weighted by molar-refractivity contribution is 5.79. The fourth-order valence-electron chi connectivity index (χ4n) is 4.87. The average Bonchev–Trinajstić information content (AvgIpc) is 3.32. The molecular formula is C34H35N3O2. The van der Waals surface area contributed by atoms with Gasteiger partial charge in [-0.25, -0.2) is 4.98 Å². The summed E-state index contributed by atoms with van der Waals surface area (Å²) in [7, 11) is 0. The van der Waals surface area contributed by atoms with Crippen LogP contribution in [0.25, 0.3) is 22.2 Å². The van der Waals surface area contributed by atoms with Crippen LogP contribution < -0.4 is 10.1 Å². The third kappa shape index (κ3) is 6.55. The van der Waals surface area contributed by atoms with Crippen molar-refractivity contribution in [3.8, 4) is 16.9 Å². The van der Waals surface area contributed by atoms with Crippen LogP contribution >= 0.6 is 0 Å². The Balaban J connectivity index is 1.19. The highest BCUT2D eigenvalue weighted by Crippen LogP contribution is 2.26. The summed E-state index contributed by atoms with van der Waals surface area (Å²) in [5.41, 5.74) is 6.53. The Morgan fingerprint density at radius 1 is 0.846 bits per heavy atom. The van der Waals surface area contributed by atoms with Crippen LogP contribution in [0.1, 0.15) is 43.1 Å². The second kappa shape index (κ2) is 12.4. The van der Waals surface area contributed by atoms with Crippen molar-refractivity contribution in [1.82, 2.24) is 14.9 Å². The Bertz CT molecular complexity index is 1520. The third-order valence-corrected chi connectivity index (χ3v) is 6.93. The molecule has 0 spiro atoms. The van der Waals surface area contributed by atoms with Crippen LogP contribution in [0.4, 0.5) is 0 Å². The van der Waals surface area contributed by atoms with Gasteiger partial charge >= 0.3 is 0 Å². The molecule has 1 amide bonds. The summed E-state index contributed by atoms with van der Waals surface area (Å²) >= 11 is 0. The van der Waals surface area contributed by atoms with Gasteiger partial charge in [-0.3, -0.25) is 4.79 Å². The molecule has 5 heteroatoms. The largest absolute Gasteiger partial charge is 0.493 e. The van der Waals surface area contributed by atoms with Crippen molar-refractivity contribution in [2.75, 3.05) is 6.61 Å². The molecule has 0 unspecified atom stereocenters. The Kier molecular flexibility index (Phi) is 8.37. The normalized spacial score (nSPS) is 11.2. The highest BCUT2D eigenvalue weighted by atomic mass is 16.5. The summed E-state index contributed by atoms with van der Waals surface area (Å²) in [6.07, 6.45) is 1.17. The van der Waals surface area contributed by atoms with Crippen molar-refractivity contribution < 1.29 is 9.53 Å². The average molecular weight is 518 g/mol. The first-order chi connectivity index (χ1) is 19.1. The summed E-state index contributed by atoms with van der Waals surface area (Å²) in [4.78, 5) is 17.6. The van der Waals surface area contributed by atoms with Crippen LogP contribution in [0.15, 0.2) is 103 Å². The first kappa shape index (κ1) is 26.2. The minimum atomic E-state index is -0.0188. The fraction of sp³-hybridized carbons (Fsp3) is 0.235. The number of aromatic nitrogens is 2. The number of carbonyl (C=O) groups is 1. The molecule has 0 saturated heterocycles. The molecule has 4 aromatic carbocycles. The Labute approximate surface area is 230 Å². The standard InChI is InChI=1S/C34H35N3O2/c1-25(2)29-13-6-9-16-32(29)39-22-10-21-37-31-15-8-7-14-30(31)36-33(37)24-35-34(38)23-26-17-19-28(20-18-26)27-11-4-3-5-12-27/h3-9,11-20,25H,10,21-24H2,1-2H3,(H,35,38). The zero-order valence-electron chi connectivity index (χ0n) is 22.6. The summed E-state index contributed by atoms with van der Waals surface area (Å²) < 4.78 is 8.34. The number of rotatable bonds is 11. The smallest absolute Gasteiger partial charge is 0.224 e. The van der Waals surface area contributed by atoms with E-state index in [1.165, 1.54) is 11.1 Å². The number of nitrogens with one attached hydrogen (secondary N) is 1. The van der Waals surface area contributed by atoms with E-state index in [1.807, 2.05) is 60.7 Å². The van der Waals surface area contributed by atoms with Crippen LogP contribution in [-0.4, -0.2) is 22.1 Å². The van der Waals surface area contributed by atoms with Crippen molar-refractivity contribution in [2.45, 2.75) is 45.7 Å². The van der Waals surface area contributed by atoms with Crippen molar-refractivity contribution in [1.29, 1.82) is 0 Å². The fourth-order valence-corrected chi connectivity index (χ4v) is 4.87. The predicted molar refractivity (Wildman–Crippen MR) is 158 cm³/mol. The Hall–Kier alpha value is -4.38. The quantitative estimate of drug-likeness (QED) is 0.189. The Morgan fingerprint density at radius 3 is 2.33 bits per heavy atom. The number of hydrogen-bond donors (Lipinski definition) is 1. The molecule has 0 atom stereocenters. The van der Waals surface area contributed by atoms with E-state index in [1.54, 1.807) is 0 Å². The molecule has 0 aliphatic rings. The van der Waals surface area contributed by atoms with Gasteiger partial charge in [0.15, 0.2) is 0 Å². The Morgan fingerprint density at radius 2 is 1.54 bits per heavy atom. The van der Waals surface area contributed by atoms with E-state index < -0.39 is 0 Å². The summed E-state index contributed by atoms with van der Waals surface area (Å²) in [6, 6.07) is 34.8. The zero-order valence-corrected chi connectivity index (χ0v) is 22.6. The van der Waals surface area contributed by atoms with Crippen LogP contribution in [-0.2, 0) is 24.3 Å². The van der Waals surface area contributed by atoms with E-state index in [2.05, 4.69) is 66.2 Å². The van der Waals surface area contributed by atoms with Gasteiger partial charge < -0.3 is 14.6 Å². The van der Waals surface area contributed by atoms with Gasteiger partial charge in [0.25, 0.3) is 0 Å². The number of para-hydroxylation sites is 3. The van der Waals surface area contributed by atoms with Crippen LogP contribution in [0, 0.1) is 0 Å². The molecule has 0 aliphatic heterocycles. The lowest BCUT2D eigenvalue weighted by molar-refractivity contribution is -0.120. The molecule has 39 heavy (non-hydrogen) atoms. The summed E-state index contributed by atoms with van der Waals surface area (Å²) in [5.74, 6) is 2.20. The molecule has 0 radical (unpaired) electrons. The van der Waals surface area contributed by atoms with E-state index in [9.17, 15) is 4.79 Å². The second-order valence-electron chi connectivity index (χ2n) is 10.1. The molecule has 5 aromatic rings. The van der Waals surface area contributed by atoms with E-state index in [0.29, 0.717) is 25.5 Å². The SMILES string of the molecule is CC(C)c1ccccc1OCCCn1c(CNC(=O)Cc2ccc(-c3ccccc3)cc2)nc2ccccc21. The van der Waals surface area contributed by atoms with Crippen molar-refractivity contribution >= 4 is 16.9 Å². The molecular weight excluding hydrogens is 482 g/mol. The van der Waals surface area contributed by atoms with Gasteiger partial charge in [0.05, 0.1) is 30.6 Å². The van der Waals surface area contributed by atoms with Crippen LogP contribution in [0.5, 0.6) is 5.75 Å². The van der Waals surface area contributed by atoms with E-state index in [4.69, 9.17) is 9.72 Å². The molecule has 5 rings (SSSR count). The summed E-state index contributed by atoms with van der Waals surface area (Å²) in [5, 5.41) is 3.08. The first-order valence-electron chi connectivity index (χ1n) is 13.7. The molecule has 0 saturated carbocycles. The number of benzene rings is 4. The minimum absolute atomic E-state index is 0.0188. The van der Waals surface area contributed by atoms with Crippen molar-refractivity contribution in [3.63, 3.8) is 0 Å². The maximum absolute atomic E-state index is 12.8. The zero-order chi connectivity index (χ0) is 27.0. The molecule has 0 bridgehead atoms. The van der Waals surface area contributed by atoms with Gasteiger partial charge in [0.1, 0.15) is 11.6 Å². The number of ether oxygens (including phenoxy) is 1. The number of carbonyl (C=O) groups excluding carboxylic acids is 1. The van der Waals surface area contributed by atoms with Crippen LogP contribution in [0.3, 0.4) is 0 Å². The van der Waals surface area contributed by atoms with E-state index in [-0.39, 0.29) is 5.91 Å². The highest BCUT2D eigenvalue weighted by Gasteiger charge is 2.13. The molecule has 0 fully saturated rings. The third-order valence-electron chi connectivity index (χ3n) is 6.93. The lowest BCUT2D eigenvalue weighted by atomic mass is 10.0. The number of nitrogens with zero attached hydrogens (tertiary/aromatic N) is 2. The van der Waals surface area contributed by atoms with E-state index in [0.717, 1.165) is 46.7 Å². The minimum Gasteiger partial charge on any atom is -0.493 e. The van der Waals surface area contributed by atoms with Crippen LogP contribution in [0.2, 0.25) is 0 Å². The van der Waals surface area contributed by atoms with Gasteiger partial charge in [0, 0.05) is 6.54 Å². The number of aryl methyl sites for hydroxylation is 1.